The lowest BCUT2D eigenvalue weighted by molar-refractivity contribution is -0.138. The van der Waals surface area contributed by atoms with Gasteiger partial charge in [0, 0.05) is 11.7 Å². The zero-order valence-corrected chi connectivity index (χ0v) is 15.8. The van der Waals surface area contributed by atoms with Crippen LogP contribution in [0.3, 0.4) is 0 Å². The molecule has 1 heterocycles. The molecule has 148 valence electrons. The van der Waals surface area contributed by atoms with E-state index in [1.807, 2.05) is 19.1 Å². The number of rotatable bonds is 6. The van der Waals surface area contributed by atoms with Gasteiger partial charge in [0.1, 0.15) is 11.7 Å². The third-order valence-electron chi connectivity index (χ3n) is 3.97. The van der Waals surface area contributed by atoms with Crippen molar-refractivity contribution in [1.29, 1.82) is 0 Å². The van der Waals surface area contributed by atoms with E-state index in [4.69, 9.17) is 22.3 Å². The number of hydrogen-bond acceptors (Lipinski definition) is 6. The summed E-state index contributed by atoms with van der Waals surface area (Å²) in [6, 6.07) is 5.17. The standard InChI is InChI=1S/C7H7NO.C6H14N2O2.C6H13N/c1-6-3-2-4-7(5-9)8-6;7-4-2-1-3-5(8)6(9)10;7-6-4-2-1-3-5-6/h2-5H,1H3;5H,1-4,7-8H2,(H,9,10);6H,1-5,7H2. The lowest BCUT2D eigenvalue weighted by Crippen LogP contribution is -2.29. The van der Waals surface area contributed by atoms with Gasteiger partial charge in [-0.1, -0.05) is 31.7 Å². The number of carboxylic acids is 1. The SMILES string of the molecule is Cc1cccc(C=O)n1.NC1CCCCC1.NCCCCC(N)C(=O)O. The summed E-state index contributed by atoms with van der Waals surface area (Å²) in [7, 11) is 0. The van der Waals surface area contributed by atoms with Crippen LogP contribution < -0.4 is 17.2 Å². The first-order valence-corrected chi connectivity index (χ1v) is 9.23. The molecule has 1 aliphatic carbocycles. The number of aliphatic carboxylic acids is 1. The summed E-state index contributed by atoms with van der Waals surface area (Å²) >= 11 is 0. The van der Waals surface area contributed by atoms with Crippen LogP contribution >= 0.6 is 0 Å². The largest absolute Gasteiger partial charge is 0.480 e. The van der Waals surface area contributed by atoms with Crippen LogP contribution in [0.25, 0.3) is 0 Å². The van der Waals surface area contributed by atoms with Crippen molar-refractivity contribution in [3.8, 4) is 0 Å². The van der Waals surface area contributed by atoms with Crippen LogP contribution in [0.1, 0.15) is 67.5 Å². The van der Waals surface area contributed by atoms with Crippen molar-refractivity contribution in [3.05, 3.63) is 29.6 Å². The highest BCUT2D eigenvalue weighted by molar-refractivity contribution is 5.73. The summed E-state index contributed by atoms with van der Waals surface area (Å²) in [4.78, 5) is 24.2. The molecule has 0 radical (unpaired) electrons. The fourth-order valence-corrected chi connectivity index (χ4v) is 2.40. The van der Waals surface area contributed by atoms with E-state index in [2.05, 4.69) is 4.98 Å². The molecular formula is C19H34N4O3. The van der Waals surface area contributed by atoms with Crippen molar-refractivity contribution in [3.63, 3.8) is 0 Å². The summed E-state index contributed by atoms with van der Waals surface area (Å²) < 4.78 is 0. The van der Waals surface area contributed by atoms with E-state index < -0.39 is 12.0 Å². The van der Waals surface area contributed by atoms with E-state index in [9.17, 15) is 9.59 Å². The molecule has 7 nitrogen and oxygen atoms in total. The van der Waals surface area contributed by atoms with Crippen LogP contribution in [0.4, 0.5) is 0 Å². The number of unbranched alkanes of at least 4 members (excludes halogenated alkanes) is 1. The molecule has 1 aromatic rings. The van der Waals surface area contributed by atoms with Gasteiger partial charge in [0.05, 0.1) is 0 Å². The number of aryl methyl sites for hydroxylation is 1. The van der Waals surface area contributed by atoms with Crippen molar-refractivity contribution in [2.75, 3.05) is 6.54 Å². The maximum Gasteiger partial charge on any atom is 0.320 e. The molecule has 1 fully saturated rings. The first kappa shape index (κ1) is 24.2. The second-order valence-electron chi connectivity index (χ2n) is 6.45. The first-order chi connectivity index (χ1) is 12.4. The summed E-state index contributed by atoms with van der Waals surface area (Å²) in [5, 5.41) is 8.33. The zero-order valence-electron chi connectivity index (χ0n) is 15.8. The lowest BCUT2D eigenvalue weighted by Gasteiger charge is -2.15. The molecule has 1 saturated carbocycles. The van der Waals surface area contributed by atoms with Crippen molar-refractivity contribution in [2.45, 2.75) is 70.4 Å². The van der Waals surface area contributed by atoms with Gasteiger partial charge in [0.25, 0.3) is 0 Å². The van der Waals surface area contributed by atoms with E-state index in [-0.39, 0.29) is 0 Å². The third-order valence-corrected chi connectivity index (χ3v) is 3.97. The second-order valence-corrected chi connectivity index (χ2v) is 6.45. The highest BCUT2D eigenvalue weighted by atomic mass is 16.4. The molecular weight excluding hydrogens is 332 g/mol. The number of pyridine rings is 1. The van der Waals surface area contributed by atoms with Gasteiger partial charge in [-0.15, -0.1) is 0 Å². The normalized spacial score (nSPS) is 14.9. The molecule has 0 bridgehead atoms. The monoisotopic (exact) mass is 366 g/mol. The van der Waals surface area contributed by atoms with Gasteiger partial charge in [0.2, 0.25) is 0 Å². The van der Waals surface area contributed by atoms with Gasteiger partial charge in [-0.25, -0.2) is 0 Å². The third kappa shape index (κ3) is 13.5. The van der Waals surface area contributed by atoms with E-state index in [1.165, 1.54) is 32.1 Å². The fraction of sp³-hybridized carbons (Fsp3) is 0.632. The van der Waals surface area contributed by atoms with Gasteiger partial charge < -0.3 is 22.3 Å². The Balaban J connectivity index is 0.000000365. The number of carboxylic acid groups (broad SMARTS) is 1. The van der Waals surface area contributed by atoms with E-state index in [0.29, 0.717) is 24.7 Å². The van der Waals surface area contributed by atoms with E-state index >= 15 is 0 Å². The Morgan fingerprint density at radius 2 is 1.96 bits per heavy atom. The van der Waals surface area contributed by atoms with Gasteiger partial charge in [-0.2, -0.15) is 0 Å². The molecule has 7 heteroatoms. The maximum absolute atomic E-state index is 10.1. The molecule has 1 unspecified atom stereocenters. The topological polar surface area (TPSA) is 145 Å². The molecule has 2 rings (SSSR count). The first-order valence-electron chi connectivity index (χ1n) is 9.23. The Morgan fingerprint density at radius 1 is 1.31 bits per heavy atom. The second kappa shape index (κ2) is 15.4. The molecule has 1 atom stereocenters. The highest BCUT2D eigenvalue weighted by Gasteiger charge is 2.09. The molecule has 0 aromatic carbocycles. The summed E-state index contributed by atoms with van der Waals surface area (Å²) in [6.45, 7) is 2.46. The predicted molar refractivity (Wildman–Crippen MR) is 104 cm³/mol. The van der Waals surface area contributed by atoms with Gasteiger partial charge >= 0.3 is 5.97 Å². The number of nitrogens with two attached hydrogens (primary N) is 3. The number of carbonyl (C=O) groups excluding carboxylic acids is 1. The van der Waals surface area contributed by atoms with Crippen LogP contribution in [-0.2, 0) is 4.79 Å². The zero-order chi connectivity index (χ0) is 19.8. The quantitative estimate of drug-likeness (QED) is 0.445. The summed E-state index contributed by atoms with van der Waals surface area (Å²) in [5.74, 6) is -0.933. The molecule has 7 N–H and O–H groups in total. The van der Waals surface area contributed by atoms with E-state index in [1.54, 1.807) is 6.07 Å². The smallest absolute Gasteiger partial charge is 0.320 e. The summed E-state index contributed by atoms with van der Waals surface area (Å²) in [6.07, 6.45) is 9.57. The molecule has 0 amide bonds. The van der Waals surface area contributed by atoms with Crippen molar-refractivity contribution in [1.82, 2.24) is 4.98 Å². The van der Waals surface area contributed by atoms with Crippen molar-refractivity contribution >= 4 is 12.3 Å². The average molecular weight is 367 g/mol. The molecule has 1 aliphatic rings. The van der Waals surface area contributed by atoms with Gasteiger partial charge in [0.15, 0.2) is 6.29 Å². The van der Waals surface area contributed by atoms with Crippen LogP contribution in [0, 0.1) is 6.92 Å². The molecule has 0 spiro atoms. The van der Waals surface area contributed by atoms with Gasteiger partial charge in [-0.3, -0.25) is 14.6 Å². The average Bonchev–Trinajstić information content (AvgIpc) is 2.63. The molecule has 1 aromatic heterocycles. The predicted octanol–water partition coefficient (Wildman–Crippen LogP) is 2.01. The van der Waals surface area contributed by atoms with Crippen LogP contribution in [0.2, 0.25) is 0 Å². The minimum atomic E-state index is -0.933. The fourth-order valence-electron chi connectivity index (χ4n) is 2.40. The van der Waals surface area contributed by atoms with Crippen molar-refractivity contribution < 1.29 is 14.7 Å². The Hall–Kier alpha value is -1.83. The number of aromatic nitrogens is 1. The Morgan fingerprint density at radius 3 is 2.35 bits per heavy atom. The number of aldehydes is 1. The van der Waals surface area contributed by atoms with Gasteiger partial charge in [-0.05, 0) is 51.3 Å². The number of carbonyl (C=O) groups is 2. The van der Waals surface area contributed by atoms with Crippen LogP contribution in [0.5, 0.6) is 0 Å². The minimum Gasteiger partial charge on any atom is -0.480 e. The summed E-state index contributed by atoms with van der Waals surface area (Å²) in [5.41, 5.74) is 17.4. The van der Waals surface area contributed by atoms with E-state index in [0.717, 1.165) is 24.8 Å². The van der Waals surface area contributed by atoms with Crippen LogP contribution in [0.15, 0.2) is 18.2 Å². The maximum atomic E-state index is 10.1. The lowest BCUT2D eigenvalue weighted by atomic mass is 9.97. The number of hydrogen-bond donors (Lipinski definition) is 4. The Bertz CT molecular complexity index is 505. The Labute approximate surface area is 156 Å². The molecule has 0 aliphatic heterocycles. The van der Waals surface area contributed by atoms with Crippen LogP contribution in [-0.4, -0.2) is 41.0 Å². The molecule has 0 saturated heterocycles. The van der Waals surface area contributed by atoms with Crippen molar-refractivity contribution in [2.24, 2.45) is 17.2 Å². The number of nitrogens with zero attached hydrogens (tertiary/aromatic N) is 1. The minimum absolute atomic E-state index is 0.495. The highest BCUT2D eigenvalue weighted by Crippen LogP contribution is 2.14. The molecule has 26 heavy (non-hydrogen) atoms. The Kier molecular flexibility index (Phi) is 14.3.